The number of ether oxygens (including phenoxy) is 3. The fraction of sp³-hybridized carbons (Fsp3) is 0.603. The van der Waals surface area contributed by atoms with Crippen LogP contribution in [0.1, 0.15) is 226 Å². The molecule has 69 heavy (non-hydrogen) atoms. The minimum absolute atomic E-state index is 0.148. The van der Waals surface area contributed by atoms with E-state index in [1.165, 1.54) is 96.3 Å². The number of rotatable bonds is 48. The van der Waals surface area contributed by atoms with E-state index in [1.54, 1.807) is 0 Å². The minimum atomic E-state index is -0.854. The molecule has 0 saturated heterocycles. The molecule has 0 aliphatic carbocycles. The van der Waals surface area contributed by atoms with Gasteiger partial charge in [0.2, 0.25) is 0 Å². The summed E-state index contributed by atoms with van der Waals surface area (Å²) < 4.78 is 16.7. The molecule has 0 amide bonds. The second-order valence-corrected chi connectivity index (χ2v) is 17.8. The molecule has 0 rings (SSSR count). The second kappa shape index (κ2) is 56.1. The first-order chi connectivity index (χ1) is 34.0. The summed E-state index contributed by atoms with van der Waals surface area (Å²) in [5, 5.41) is 0. The third-order valence-electron chi connectivity index (χ3n) is 11.1. The number of esters is 3. The van der Waals surface area contributed by atoms with Gasteiger partial charge in [-0.15, -0.1) is 0 Å². The first kappa shape index (κ1) is 64.5. The van der Waals surface area contributed by atoms with Crippen molar-refractivity contribution in [1.82, 2.24) is 0 Å². The van der Waals surface area contributed by atoms with E-state index in [2.05, 4.69) is 154 Å². The van der Waals surface area contributed by atoms with Crippen molar-refractivity contribution in [3.05, 3.63) is 134 Å². The van der Waals surface area contributed by atoms with E-state index < -0.39 is 12.1 Å². The lowest BCUT2D eigenvalue weighted by Crippen LogP contribution is -2.30. The van der Waals surface area contributed by atoms with Crippen molar-refractivity contribution in [3.63, 3.8) is 0 Å². The third-order valence-corrected chi connectivity index (χ3v) is 11.1. The molecule has 388 valence electrons. The predicted octanol–water partition coefficient (Wildman–Crippen LogP) is 18.6. The van der Waals surface area contributed by atoms with Crippen LogP contribution >= 0.6 is 0 Å². The van der Waals surface area contributed by atoms with Gasteiger partial charge in [-0.25, -0.2) is 0 Å². The minimum Gasteiger partial charge on any atom is -0.462 e. The molecule has 0 aromatic carbocycles. The lowest BCUT2D eigenvalue weighted by molar-refractivity contribution is -0.166. The Hall–Kier alpha value is -4.45. The zero-order valence-corrected chi connectivity index (χ0v) is 44.3. The molecule has 6 nitrogen and oxygen atoms in total. The molecule has 0 fully saturated rings. The van der Waals surface area contributed by atoms with Crippen LogP contribution in [0.3, 0.4) is 0 Å². The summed E-state index contributed by atoms with van der Waals surface area (Å²) in [5.74, 6) is -1.12. The summed E-state index contributed by atoms with van der Waals surface area (Å²) in [5.41, 5.74) is 0. The molecule has 1 unspecified atom stereocenters. The van der Waals surface area contributed by atoms with Crippen molar-refractivity contribution in [1.29, 1.82) is 0 Å². The summed E-state index contributed by atoms with van der Waals surface area (Å²) in [4.78, 5) is 38.0. The lowest BCUT2D eigenvalue weighted by Gasteiger charge is -2.18. The highest BCUT2D eigenvalue weighted by Gasteiger charge is 2.19. The van der Waals surface area contributed by atoms with E-state index >= 15 is 0 Å². The second-order valence-electron chi connectivity index (χ2n) is 17.8. The van der Waals surface area contributed by atoms with Crippen LogP contribution in [0, 0.1) is 0 Å². The molecule has 0 heterocycles. The van der Waals surface area contributed by atoms with Crippen molar-refractivity contribution in [2.75, 3.05) is 13.2 Å². The van der Waals surface area contributed by atoms with Crippen molar-refractivity contribution in [2.24, 2.45) is 0 Å². The monoisotopic (exact) mass is 953 g/mol. The Morgan fingerprint density at radius 1 is 0.290 bits per heavy atom. The number of hydrogen-bond acceptors (Lipinski definition) is 6. The van der Waals surface area contributed by atoms with Crippen LogP contribution < -0.4 is 0 Å². The van der Waals surface area contributed by atoms with Gasteiger partial charge < -0.3 is 14.2 Å². The van der Waals surface area contributed by atoms with Crippen molar-refractivity contribution in [3.8, 4) is 0 Å². The van der Waals surface area contributed by atoms with Crippen molar-refractivity contribution in [2.45, 2.75) is 232 Å². The largest absolute Gasteiger partial charge is 0.462 e. The summed E-state index contributed by atoms with van der Waals surface area (Å²) >= 11 is 0. The number of carbonyl (C=O) groups is 3. The highest BCUT2D eigenvalue weighted by Crippen LogP contribution is 2.10. The summed E-state index contributed by atoms with van der Waals surface area (Å²) in [6.07, 6.45) is 78.8. The fourth-order valence-corrected chi connectivity index (χ4v) is 6.91. The molecule has 0 radical (unpaired) electrons. The van der Waals surface area contributed by atoms with E-state index in [-0.39, 0.29) is 44.4 Å². The SMILES string of the molecule is CCCCC/C=C\C/C=C\C/C=C\C/C=C\CCCC(=O)OCC(COC(=O)CCC/C=C\C/C=C\C/C=C\CCCCCCCC)OC(=O)CCC/C=C\C/C=C\C/C=C\C/C=C\CCCCC. The maximum Gasteiger partial charge on any atom is 0.306 e. The van der Waals surface area contributed by atoms with Crippen molar-refractivity contribution < 1.29 is 28.6 Å². The quantitative estimate of drug-likeness (QED) is 0.0262. The van der Waals surface area contributed by atoms with Gasteiger partial charge in [-0.3, -0.25) is 14.4 Å². The van der Waals surface area contributed by atoms with Gasteiger partial charge >= 0.3 is 17.9 Å². The van der Waals surface area contributed by atoms with Gasteiger partial charge in [0.05, 0.1) is 0 Å². The number of unbranched alkanes of at least 4 members (excludes halogenated alkanes) is 15. The van der Waals surface area contributed by atoms with Crippen LogP contribution in [0.5, 0.6) is 0 Å². The average molecular weight is 953 g/mol. The Labute approximate surface area is 424 Å². The van der Waals surface area contributed by atoms with Gasteiger partial charge in [-0.05, 0) is 128 Å². The highest BCUT2D eigenvalue weighted by molar-refractivity contribution is 5.71. The summed E-state index contributed by atoms with van der Waals surface area (Å²) in [6, 6.07) is 0. The Morgan fingerprint density at radius 3 is 0.841 bits per heavy atom. The van der Waals surface area contributed by atoms with E-state index in [0.29, 0.717) is 19.3 Å². The molecule has 0 aliphatic heterocycles. The molecular formula is C63H100O6. The smallest absolute Gasteiger partial charge is 0.306 e. The van der Waals surface area contributed by atoms with Gasteiger partial charge in [0.15, 0.2) is 6.10 Å². The predicted molar refractivity (Wildman–Crippen MR) is 297 cm³/mol. The normalized spacial score (nSPS) is 13.1. The molecule has 0 N–H and O–H groups in total. The molecule has 0 saturated carbocycles. The molecule has 0 aliphatic rings. The van der Waals surface area contributed by atoms with E-state index in [9.17, 15) is 14.4 Å². The average Bonchev–Trinajstić information content (AvgIpc) is 3.35. The van der Waals surface area contributed by atoms with Gasteiger partial charge in [-0.1, -0.05) is 212 Å². The standard InChI is InChI=1S/C63H100O6/c1-4-7-10-13-16-19-22-25-28-31-34-37-40-43-46-49-52-55-61(64)67-58-60(69-63(66)57-54-51-48-45-42-39-36-33-30-27-24-21-18-15-12-9-6-3)59-68-62(65)56-53-50-47-44-41-38-35-32-29-26-23-20-17-14-11-8-5-2/h16,18-19,21,25-30,34-39,43-48,60H,4-15,17,20,22-24,31-33,40-42,49-59H2,1-3H3/b19-16-,21-18-,28-25-,29-26-,30-27-,37-34-,38-35-,39-36-,46-43-,47-44-,48-45-. The Balaban J connectivity index is 4.66. The van der Waals surface area contributed by atoms with Crippen LogP contribution in [0.25, 0.3) is 0 Å². The van der Waals surface area contributed by atoms with E-state index in [0.717, 1.165) is 70.6 Å². The Morgan fingerprint density at radius 2 is 0.522 bits per heavy atom. The Bertz CT molecular complexity index is 1510. The summed E-state index contributed by atoms with van der Waals surface area (Å²) in [7, 11) is 0. The Kier molecular flexibility index (Phi) is 52.5. The van der Waals surface area contributed by atoms with Gasteiger partial charge in [-0.2, -0.15) is 0 Å². The van der Waals surface area contributed by atoms with Crippen LogP contribution in [0.2, 0.25) is 0 Å². The number of hydrogen-bond donors (Lipinski definition) is 0. The topological polar surface area (TPSA) is 78.9 Å². The first-order valence-electron chi connectivity index (χ1n) is 27.7. The lowest BCUT2D eigenvalue weighted by atomic mass is 10.1. The molecule has 0 bridgehead atoms. The van der Waals surface area contributed by atoms with E-state index in [1.807, 2.05) is 0 Å². The number of allylic oxidation sites excluding steroid dienone is 22. The van der Waals surface area contributed by atoms with Gasteiger partial charge in [0.1, 0.15) is 13.2 Å². The zero-order valence-electron chi connectivity index (χ0n) is 44.3. The van der Waals surface area contributed by atoms with Crippen LogP contribution in [0.15, 0.2) is 134 Å². The molecule has 0 aromatic heterocycles. The fourth-order valence-electron chi connectivity index (χ4n) is 6.91. The van der Waals surface area contributed by atoms with Crippen LogP contribution in [-0.4, -0.2) is 37.2 Å². The molecule has 0 aromatic rings. The third kappa shape index (κ3) is 54.4. The molecule has 6 heteroatoms. The molecule has 0 spiro atoms. The van der Waals surface area contributed by atoms with Gasteiger partial charge in [0, 0.05) is 19.3 Å². The molecule has 1 atom stereocenters. The summed E-state index contributed by atoms with van der Waals surface area (Å²) in [6.45, 7) is 6.42. The van der Waals surface area contributed by atoms with Crippen LogP contribution in [-0.2, 0) is 28.6 Å². The van der Waals surface area contributed by atoms with E-state index in [4.69, 9.17) is 14.2 Å². The maximum absolute atomic E-state index is 12.8. The zero-order chi connectivity index (χ0) is 50.0. The molecular weight excluding hydrogens is 853 g/mol. The van der Waals surface area contributed by atoms with Gasteiger partial charge in [0.25, 0.3) is 0 Å². The van der Waals surface area contributed by atoms with Crippen molar-refractivity contribution >= 4 is 17.9 Å². The maximum atomic E-state index is 12.8. The highest BCUT2D eigenvalue weighted by atomic mass is 16.6. The van der Waals surface area contributed by atoms with Crippen LogP contribution in [0.4, 0.5) is 0 Å². The first-order valence-corrected chi connectivity index (χ1v) is 27.7. The number of carbonyl (C=O) groups excluding carboxylic acids is 3.